The maximum absolute atomic E-state index is 12.0. The molecule has 1 fully saturated rings. The Morgan fingerprint density at radius 2 is 2.03 bits per heavy atom. The van der Waals surface area contributed by atoms with Crippen LogP contribution in [0.4, 0.5) is 0 Å². The van der Waals surface area contributed by atoms with Gasteiger partial charge in [0.15, 0.2) is 9.84 Å². The van der Waals surface area contributed by atoms with Gasteiger partial charge in [0.25, 0.3) is 0 Å². The van der Waals surface area contributed by atoms with Gasteiger partial charge >= 0.3 is 0 Å². The van der Waals surface area contributed by atoms with E-state index >= 15 is 0 Å². The molecule has 1 aliphatic heterocycles. The predicted octanol–water partition coefficient (Wildman–Crippen LogP) is 3.62. The smallest absolute Gasteiger partial charge is 0.180 e. The SMILES string of the molecule is CC1CC(COc2ccc(S(=O)(=O)CCO)cc2)CN1C1CCc2c(C#N)cc(Cl)cc2C1. The molecular formula is C25H29ClN2O4S. The average Bonchev–Trinajstić information content (AvgIpc) is 3.17. The fraction of sp³-hybridized carbons (Fsp3) is 0.480. The van der Waals surface area contributed by atoms with Crippen molar-refractivity contribution < 1.29 is 18.3 Å². The molecule has 0 aromatic heterocycles. The molecule has 0 bridgehead atoms. The lowest BCUT2D eigenvalue weighted by molar-refractivity contribution is 0.164. The van der Waals surface area contributed by atoms with E-state index in [-0.39, 0.29) is 10.6 Å². The van der Waals surface area contributed by atoms with Crippen molar-refractivity contribution in [3.05, 3.63) is 58.1 Å². The first-order chi connectivity index (χ1) is 15.8. The van der Waals surface area contributed by atoms with E-state index in [2.05, 4.69) is 17.9 Å². The topological polar surface area (TPSA) is 90.6 Å². The van der Waals surface area contributed by atoms with Gasteiger partial charge in [-0.15, -0.1) is 0 Å². The molecule has 33 heavy (non-hydrogen) atoms. The van der Waals surface area contributed by atoms with Gasteiger partial charge in [-0.2, -0.15) is 5.26 Å². The zero-order valence-electron chi connectivity index (χ0n) is 18.7. The standard InChI is InChI=1S/C25H29ClN2O4S/c1-17-10-18(16-32-23-3-5-24(6-4-23)33(30,31)9-8-29)15-28(17)22-2-7-25-19(13-22)11-21(26)12-20(25)14-27/h3-6,11-12,17-18,22,29H,2,7-10,13,15-16H2,1H3. The van der Waals surface area contributed by atoms with Crippen molar-refractivity contribution in [3.8, 4) is 11.8 Å². The summed E-state index contributed by atoms with van der Waals surface area (Å²) in [6, 6.07) is 13.4. The Labute approximate surface area is 200 Å². The molecule has 176 valence electrons. The van der Waals surface area contributed by atoms with Crippen LogP contribution in [-0.2, 0) is 22.7 Å². The number of fused-ring (bicyclic) bond motifs is 1. The quantitative estimate of drug-likeness (QED) is 0.640. The van der Waals surface area contributed by atoms with Gasteiger partial charge in [-0.3, -0.25) is 4.90 Å². The van der Waals surface area contributed by atoms with E-state index in [1.54, 1.807) is 18.2 Å². The number of ether oxygens (including phenoxy) is 1. The van der Waals surface area contributed by atoms with Gasteiger partial charge in [0.1, 0.15) is 5.75 Å². The predicted molar refractivity (Wildman–Crippen MR) is 127 cm³/mol. The second-order valence-electron chi connectivity index (χ2n) is 9.07. The van der Waals surface area contributed by atoms with Crippen LogP contribution in [0.5, 0.6) is 5.75 Å². The van der Waals surface area contributed by atoms with Crippen LogP contribution in [0.2, 0.25) is 5.02 Å². The Morgan fingerprint density at radius 3 is 2.73 bits per heavy atom. The largest absolute Gasteiger partial charge is 0.493 e. The lowest BCUT2D eigenvalue weighted by Crippen LogP contribution is -2.41. The van der Waals surface area contributed by atoms with E-state index in [0.29, 0.717) is 40.9 Å². The lowest BCUT2D eigenvalue weighted by Gasteiger charge is -2.35. The maximum Gasteiger partial charge on any atom is 0.180 e. The fourth-order valence-corrected chi connectivity index (χ4v) is 6.48. The van der Waals surface area contributed by atoms with Crippen LogP contribution >= 0.6 is 11.6 Å². The number of likely N-dealkylation sites (tertiary alicyclic amines) is 1. The normalized spacial score (nSPS) is 23.2. The zero-order chi connectivity index (χ0) is 23.6. The summed E-state index contributed by atoms with van der Waals surface area (Å²) >= 11 is 6.24. The van der Waals surface area contributed by atoms with Crippen LogP contribution in [0.25, 0.3) is 0 Å². The Bertz CT molecular complexity index is 1140. The van der Waals surface area contributed by atoms with E-state index in [9.17, 15) is 13.7 Å². The van der Waals surface area contributed by atoms with Crippen molar-refractivity contribution in [3.63, 3.8) is 0 Å². The third kappa shape index (κ3) is 5.36. The molecule has 2 aliphatic rings. The molecule has 2 aromatic rings. The second kappa shape index (κ2) is 10.0. The number of nitriles is 1. The molecule has 1 aliphatic carbocycles. The molecule has 0 spiro atoms. The number of hydrogen-bond acceptors (Lipinski definition) is 6. The van der Waals surface area contributed by atoms with Crippen molar-refractivity contribution in [2.24, 2.45) is 5.92 Å². The number of halogens is 1. The molecule has 1 saturated heterocycles. The number of hydrogen-bond donors (Lipinski definition) is 1. The summed E-state index contributed by atoms with van der Waals surface area (Å²) in [5.41, 5.74) is 3.04. The monoisotopic (exact) mass is 488 g/mol. The van der Waals surface area contributed by atoms with Gasteiger partial charge in [-0.1, -0.05) is 11.6 Å². The van der Waals surface area contributed by atoms with Crippen molar-refractivity contribution >= 4 is 21.4 Å². The van der Waals surface area contributed by atoms with Crippen LogP contribution < -0.4 is 4.74 Å². The molecule has 3 unspecified atom stereocenters. The minimum absolute atomic E-state index is 0.196. The van der Waals surface area contributed by atoms with Crippen LogP contribution in [0.3, 0.4) is 0 Å². The highest BCUT2D eigenvalue weighted by molar-refractivity contribution is 7.91. The highest BCUT2D eigenvalue weighted by atomic mass is 35.5. The first kappa shape index (κ1) is 24.0. The summed E-state index contributed by atoms with van der Waals surface area (Å²) in [6.07, 6.45) is 3.89. The van der Waals surface area contributed by atoms with E-state index in [0.717, 1.165) is 37.8 Å². The van der Waals surface area contributed by atoms with Gasteiger partial charge in [0, 0.05) is 29.6 Å². The van der Waals surface area contributed by atoms with Crippen LogP contribution in [0.1, 0.15) is 36.5 Å². The molecule has 0 saturated carbocycles. The number of sulfone groups is 1. The van der Waals surface area contributed by atoms with Gasteiger partial charge in [0.2, 0.25) is 0 Å². The van der Waals surface area contributed by atoms with Crippen LogP contribution in [-0.4, -0.2) is 56.0 Å². The molecule has 0 radical (unpaired) electrons. The minimum Gasteiger partial charge on any atom is -0.493 e. The minimum atomic E-state index is -3.45. The van der Waals surface area contributed by atoms with Gasteiger partial charge in [-0.25, -0.2) is 8.42 Å². The molecule has 4 rings (SSSR count). The molecule has 8 heteroatoms. The molecule has 1 heterocycles. The highest BCUT2D eigenvalue weighted by Gasteiger charge is 2.36. The molecular weight excluding hydrogens is 460 g/mol. The van der Waals surface area contributed by atoms with E-state index < -0.39 is 16.4 Å². The van der Waals surface area contributed by atoms with E-state index in [4.69, 9.17) is 21.4 Å². The van der Waals surface area contributed by atoms with Crippen LogP contribution in [0.15, 0.2) is 41.3 Å². The summed E-state index contributed by atoms with van der Waals surface area (Å²) in [4.78, 5) is 2.76. The molecule has 3 atom stereocenters. The van der Waals surface area contributed by atoms with Gasteiger partial charge in [-0.05, 0) is 80.1 Å². The van der Waals surface area contributed by atoms with E-state index in [1.807, 2.05) is 6.07 Å². The fourth-order valence-electron chi connectivity index (χ4n) is 5.22. The van der Waals surface area contributed by atoms with Crippen LogP contribution in [0, 0.1) is 17.2 Å². The van der Waals surface area contributed by atoms with Crippen molar-refractivity contribution in [1.29, 1.82) is 5.26 Å². The summed E-state index contributed by atoms with van der Waals surface area (Å²) < 4.78 is 30.0. The Hall–Kier alpha value is -2.11. The number of aliphatic hydroxyl groups is 1. The summed E-state index contributed by atoms with van der Waals surface area (Å²) in [6.45, 7) is 3.40. The lowest BCUT2D eigenvalue weighted by atomic mass is 9.85. The Morgan fingerprint density at radius 1 is 1.27 bits per heavy atom. The zero-order valence-corrected chi connectivity index (χ0v) is 20.3. The van der Waals surface area contributed by atoms with Crippen molar-refractivity contribution in [1.82, 2.24) is 4.90 Å². The number of rotatable bonds is 7. The summed E-state index contributed by atoms with van der Waals surface area (Å²) in [7, 11) is -3.45. The number of aliphatic hydroxyl groups excluding tert-OH is 1. The second-order valence-corrected chi connectivity index (χ2v) is 11.6. The van der Waals surface area contributed by atoms with Crippen molar-refractivity contribution in [2.75, 3.05) is 25.5 Å². The highest BCUT2D eigenvalue weighted by Crippen LogP contribution is 2.34. The van der Waals surface area contributed by atoms with Gasteiger partial charge < -0.3 is 9.84 Å². The average molecular weight is 489 g/mol. The molecule has 1 N–H and O–H groups in total. The molecule has 0 amide bonds. The maximum atomic E-state index is 12.0. The molecule has 2 aromatic carbocycles. The van der Waals surface area contributed by atoms with E-state index in [1.165, 1.54) is 17.7 Å². The first-order valence-electron chi connectivity index (χ1n) is 11.3. The Balaban J connectivity index is 1.35. The number of nitrogens with zero attached hydrogens (tertiary/aromatic N) is 2. The van der Waals surface area contributed by atoms with Gasteiger partial charge in [0.05, 0.1) is 35.5 Å². The summed E-state index contributed by atoms with van der Waals surface area (Å²) in [5, 5.41) is 19.0. The number of benzene rings is 2. The summed E-state index contributed by atoms with van der Waals surface area (Å²) in [5.74, 6) is 0.765. The first-order valence-corrected chi connectivity index (χ1v) is 13.4. The Kier molecular flexibility index (Phi) is 7.30. The third-order valence-corrected chi connectivity index (χ3v) is 8.75. The third-order valence-electron chi connectivity index (χ3n) is 6.82. The molecule has 6 nitrogen and oxygen atoms in total. The van der Waals surface area contributed by atoms with Crippen molar-refractivity contribution in [2.45, 2.75) is 49.6 Å².